The summed E-state index contributed by atoms with van der Waals surface area (Å²) >= 11 is 0. The Balaban J connectivity index is 2.11. The standard InChI is InChI=1S/C17H31N3O2/c1-3-5-8-15(17(18)22)19-11-6-9-13(19)14-10-7-12-20(14)16(21)4-2/h13-15H,3-12H2,1-2H3,(H2,18,22)/t13-,14-,15-/m1/s1. The molecule has 0 aliphatic carbocycles. The summed E-state index contributed by atoms with van der Waals surface area (Å²) in [6.07, 6.45) is 7.84. The van der Waals surface area contributed by atoms with Crippen LogP contribution in [0.2, 0.25) is 0 Å². The summed E-state index contributed by atoms with van der Waals surface area (Å²) in [4.78, 5) is 28.5. The van der Waals surface area contributed by atoms with Crippen molar-refractivity contribution in [2.45, 2.75) is 83.3 Å². The number of likely N-dealkylation sites (tertiary alicyclic amines) is 2. The van der Waals surface area contributed by atoms with Crippen molar-refractivity contribution in [1.82, 2.24) is 9.80 Å². The number of hydrogen-bond acceptors (Lipinski definition) is 3. The summed E-state index contributed by atoms with van der Waals surface area (Å²) < 4.78 is 0. The molecule has 5 heteroatoms. The summed E-state index contributed by atoms with van der Waals surface area (Å²) in [5, 5.41) is 0. The monoisotopic (exact) mass is 309 g/mol. The largest absolute Gasteiger partial charge is 0.368 e. The molecule has 22 heavy (non-hydrogen) atoms. The molecule has 2 rings (SSSR count). The molecular formula is C17H31N3O2. The minimum Gasteiger partial charge on any atom is -0.368 e. The van der Waals surface area contributed by atoms with E-state index in [2.05, 4.69) is 16.7 Å². The molecule has 2 N–H and O–H groups in total. The molecule has 2 fully saturated rings. The molecule has 126 valence electrons. The fourth-order valence-electron chi connectivity index (χ4n) is 4.19. The van der Waals surface area contributed by atoms with Gasteiger partial charge in [-0.05, 0) is 38.6 Å². The second-order valence-electron chi connectivity index (χ2n) is 6.66. The topological polar surface area (TPSA) is 66.6 Å². The van der Waals surface area contributed by atoms with Crippen LogP contribution in [-0.4, -0.2) is 52.8 Å². The smallest absolute Gasteiger partial charge is 0.234 e. The van der Waals surface area contributed by atoms with Crippen molar-refractivity contribution in [2.75, 3.05) is 13.1 Å². The van der Waals surface area contributed by atoms with Gasteiger partial charge in [0.2, 0.25) is 11.8 Å². The van der Waals surface area contributed by atoms with Gasteiger partial charge in [0.15, 0.2) is 0 Å². The zero-order valence-corrected chi connectivity index (χ0v) is 14.1. The van der Waals surface area contributed by atoms with Crippen molar-refractivity contribution in [3.63, 3.8) is 0 Å². The Bertz CT molecular complexity index is 399. The highest BCUT2D eigenvalue weighted by Crippen LogP contribution is 2.32. The van der Waals surface area contributed by atoms with E-state index in [1.807, 2.05) is 6.92 Å². The fraction of sp³-hybridized carbons (Fsp3) is 0.882. The van der Waals surface area contributed by atoms with Crippen molar-refractivity contribution in [1.29, 1.82) is 0 Å². The van der Waals surface area contributed by atoms with Gasteiger partial charge in [0.05, 0.1) is 6.04 Å². The Labute approximate surface area is 134 Å². The van der Waals surface area contributed by atoms with Crippen LogP contribution < -0.4 is 5.73 Å². The first-order chi connectivity index (χ1) is 10.6. The maximum atomic E-state index is 12.2. The Kier molecular flexibility index (Phi) is 6.24. The van der Waals surface area contributed by atoms with Crippen LogP contribution >= 0.6 is 0 Å². The Morgan fingerprint density at radius 3 is 2.45 bits per heavy atom. The van der Waals surface area contributed by atoms with E-state index < -0.39 is 0 Å². The maximum absolute atomic E-state index is 12.2. The van der Waals surface area contributed by atoms with Crippen LogP contribution in [0.1, 0.15) is 65.2 Å². The van der Waals surface area contributed by atoms with Gasteiger partial charge in [-0.3, -0.25) is 14.5 Å². The Hall–Kier alpha value is -1.10. The average Bonchev–Trinajstić information content (AvgIpc) is 3.14. The first-order valence-electron chi connectivity index (χ1n) is 8.94. The van der Waals surface area contributed by atoms with Crippen LogP contribution in [0.25, 0.3) is 0 Å². The summed E-state index contributed by atoms with van der Waals surface area (Å²) in [6, 6.07) is 0.428. The van der Waals surface area contributed by atoms with Gasteiger partial charge in [-0.2, -0.15) is 0 Å². The normalized spacial score (nSPS) is 27.3. The third-order valence-electron chi connectivity index (χ3n) is 5.27. The van der Waals surface area contributed by atoms with E-state index in [0.717, 1.165) is 58.0 Å². The number of hydrogen-bond donors (Lipinski definition) is 1. The van der Waals surface area contributed by atoms with E-state index >= 15 is 0 Å². The second kappa shape index (κ2) is 7.95. The number of nitrogens with two attached hydrogens (primary N) is 1. The summed E-state index contributed by atoms with van der Waals surface area (Å²) in [5.74, 6) is 0.0465. The van der Waals surface area contributed by atoms with Crippen LogP contribution in [0.15, 0.2) is 0 Å². The molecule has 2 heterocycles. The van der Waals surface area contributed by atoms with E-state index in [-0.39, 0.29) is 23.9 Å². The lowest BCUT2D eigenvalue weighted by Crippen LogP contribution is -2.54. The van der Waals surface area contributed by atoms with Gasteiger partial charge < -0.3 is 10.6 Å². The van der Waals surface area contributed by atoms with Gasteiger partial charge >= 0.3 is 0 Å². The second-order valence-corrected chi connectivity index (χ2v) is 6.66. The van der Waals surface area contributed by atoms with Crippen molar-refractivity contribution < 1.29 is 9.59 Å². The van der Waals surface area contributed by atoms with Crippen molar-refractivity contribution >= 4 is 11.8 Å². The maximum Gasteiger partial charge on any atom is 0.234 e. The van der Waals surface area contributed by atoms with Gasteiger partial charge in [-0.1, -0.05) is 26.7 Å². The number of nitrogens with zero attached hydrogens (tertiary/aromatic N) is 2. The predicted octanol–water partition coefficient (Wildman–Crippen LogP) is 1.90. The van der Waals surface area contributed by atoms with E-state index in [1.54, 1.807) is 0 Å². The third kappa shape index (κ3) is 3.62. The van der Waals surface area contributed by atoms with Crippen molar-refractivity contribution in [3.05, 3.63) is 0 Å². The van der Waals surface area contributed by atoms with Crippen LogP contribution in [-0.2, 0) is 9.59 Å². The highest BCUT2D eigenvalue weighted by Gasteiger charge is 2.42. The van der Waals surface area contributed by atoms with E-state index in [4.69, 9.17) is 5.73 Å². The molecule has 0 aromatic carbocycles. The first kappa shape index (κ1) is 17.3. The molecule has 3 atom stereocenters. The van der Waals surface area contributed by atoms with Crippen molar-refractivity contribution in [2.24, 2.45) is 5.73 Å². The lowest BCUT2D eigenvalue weighted by Gasteiger charge is -2.38. The zero-order chi connectivity index (χ0) is 16.1. The van der Waals surface area contributed by atoms with Gasteiger partial charge in [0, 0.05) is 25.0 Å². The number of amides is 2. The van der Waals surface area contributed by atoms with Crippen LogP contribution in [0.3, 0.4) is 0 Å². The number of carbonyl (C=O) groups excluding carboxylic acids is 2. The van der Waals surface area contributed by atoms with E-state index in [0.29, 0.717) is 12.5 Å². The zero-order valence-electron chi connectivity index (χ0n) is 14.1. The molecule has 0 aromatic heterocycles. The highest BCUT2D eigenvalue weighted by molar-refractivity contribution is 5.80. The minimum atomic E-state index is -0.202. The quantitative estimate of drug-likeness (QED) is 0.781. The number of rotatable bonds is 7. The summed E-state index contributed by atoms with van der Waals surface area (Å²) in [6.45, 7) is 5.88. The molecular weight excluding hydrogens is 278 g/mol. The van der Waals surface area contributed by atoms with E-state index in [1.165, 1.54) is 0 Å². The van der Waals surface area contributed by atoms with Gasteiger partial charge in [0.25, 0.3) is 0 Å². The molecule has 0 radical (unpaired) electrons. The Morgan fingerprint density at radius 2 is 1.82 bits per heavy atom. The van der Waals surface area contributed by atoms with Gasteiger partial charge in [0.1, 0.15) is 0 Å². The number of unbranched alkanes of at least 4 members (excludes halogenated alkanes) is 1. The molecule has 2 aliphatic heterocycles. The van der Waals surface area contributed by atoms with E-state index in [9.17, 15) is 9.59 Å². The molecule has 2 saturated heterocycles. The van der Waals surface area contributed by atoms with Gasteiger partial charge in [-0.15, -0.1) is 0 Å². The molecule has 0 spiro atoms. The van der Waals surface area contributed by atoms with Crippen molar-refractivity contribution in [3.8, 4) is 0 Å². The molecule has 0 unspecified atom stereocenters. The molecule has 5 nitrogen and oxygen atoms in total. The van der Waals surface area contributed by atoms with Crippen LogP contribution in [0.4, 0.5) is 0 Å². The lowest BCUT2D eigenvalue weighted by atomic mass is 9.99. The third-order valence-corrected chi connectivity index (χ3v) is 5.27. The minimum absolute atomic E-state index is 0.161. The van der Waals surface area contributed by atoms with Crippen LogP contribution in [0, 0.1) is 0 Å². The predicted molar refractivity (Wildman–Crippen MR) is 87.3 cm³/mol. The number of primary amides is 1. The highest BCUT2D eigenvalue weighted by atomic mass is 16.2. The van der Waals surface area contributed by atoms with Gasteiger partial charge in [-0.25, -0.2) is 0 Å². The lowest BCUT2D eigenvalue weighted by molar-refractivity contribution is -0.133. The fourth-order valence-corrected chi connectivity index (χ4v) is 4.19. The van der Waals surface area contributed by atoms with Crippen LogP contribution in [0.5, 0.6) is 0 Å². The molecule has 0 bridgehead atoms. The SMILES string of the molecule is CCCC[C@H](C(N)=O)N1CCC[C@@H]1[C@H]1CCCN1C(=O)CC. The first-order valence-corrected chi connectivity index (χ1v) is 8.94. The molecule has 2 amide bonds. The summed E-state index contributed by atoms with van der Waals surface area (Å²) in [5.41, 5.74) is 5.68. The Morgan fingerprint density at radius 1 is 1.14 bits per heavy atom. The summed E-state index contributed by atoms with van der Waals surface area (Å²) in [7, 11) is 0. The molecule has 0 saturated carbocycles. The number of carbonyl (C=O) groups is 2. The molecule has 2 aliphatic rings. The molecule has 0 aromatic rings. The average molecular weight is 309 g/mol.